The zero-order valence-corrected chi connectivity index (χ0v) is 5.42. The summed E-state index contributed by atoms with van der Waals surface area (Å²) in [7, 11) is 0. The van der Waals surface area contributed by atoms with Gasteiger partial charge in [-0.25, -0.2) is 0 Å². The van der Waals surface area contributed by atoms with Gasteiger partial charge >= 0.3 is 0 Å². The maximum absolute atomic E-state index is 2.33. The van der Waals surface area contributed by atoms with E-state index in [0.717, 1.165) is 0 Å². The lowest BCUT2D eigenvalue weighted by atomic mass is 10.3. The fraction of sp³-hybridized carbons (Fsp3) is 0.667. The molecule has 0 aliphatic carbocycles. The highest BCUT2D eigenvalue weighted by molar-refractivity contribution is 8.01. The molecule has 0 aromatic rings. The molecule has 0 bridgehead atoms. The largest absolute Gasteiger partial charge is 0.153 e. The molecule has 0 radical (unpaired) electrons. The first kappa shape index (κ1) is 5.23. The van der Waals surface area contributed by atoms with Crippen molar-refractivity contribution in [2.45, 2.75) is 13.3 Å². The Bertz CT molecular complexity index is 78.2. The van der Waals surface area contributed by atoms with Crippen molar-refractivity contribution in [3.05, 3.63) is 11.6 Å². The van der Waals surface area contributed by atoms with Crippen LogP contribution in [0.2, 0.25) is 0 Å². The van der Waals surface area contributed by atoms with Crippen molar-refractivity contribution in [3.8, 4) is 0 Å². The quantitative estimate of drug-likeness (QED) is 0.470. The normalized spacial score (nSPS) is 18.7. The number of thioether (sulfide) groups is 1. The average Bonchev–Trinajstić information content (AvgIpc) is 1.55. The first-order valence-corrected chi connectivity index (χ1v) is 3.84. The van der Waals surface area contributed by atoms with Gasteiger partial charge in [-0.2, -0.15) is 11.8 Å². The van der Waals surface area contributed by atoms with E-state index in [-0.39, 0.29) is 0 Å². The Labute approximate surface area is 49.0 Å². The Hall–Kier alpha value is 0.0900. The Morgan fingerprint density at radius 3 is 2.57 bits per heavy atom. The molecule has 1 heterocycles. The van der Waals surface area contributed by atoms with Crippen LogP contribution in [0.25, 0.3) is 0 Å². The minimum absolute atomic E-state index is 1.22. The van der Waals surface area contributed by atoms with Gasteiger partial charge in [0, 0.05) is 11.5 Å². The summed E-state index contributed by atoms with van der Waals surface area (Å²) in [4.78, 5) is 0. The van der Waals surface area contributed by atoms with Crippen molar-refractivity contribution < 1.29 is 0 Å². The van der Waals surface area contributed by atoms with E-state index in [1.807, 2.05) is 11.8 Å². The lowest BCUT2D eigenvalue weighted by Gasteiger charge is -2.14. The lowest BCUT2D eigenvalue weighted by molar-refractivity contribution is 1.17. The van der Waals surface area contributed by atoms with Crippen LogP contribution in [0.3, 0.4) is 0 Å². The fourth-order valence-corrected chi connectivity index (χ4v) is 1.30. The van der Waals surface area contributed by atoms with Crippen LogP contribution >= 0.6 is 11.8 Å². The van der Waals surface area contributed by atoms with E-state index in [1.165, 1.54) is 17.9 Å². The fourth-order valence-electron chi connectivity index (χ4n) is 0.626. The van der Waals surface area contributed by atoms with Gasteiger partial charge < -0.3 is 0 Å². The molecule has 0 aromatic carbocycles. The number of rotatable bonds is 1. The monoisotopic (exact) mass is 114 g/mol. The second-order valence-corrected chi connectivity index (χ2v) is 2.75. The lowest BCUT2D eigenvalue weighted by Crippen LogP contribution is -2.02. The van der Waals surface area contributed by atoms with Crippen molar-refractivity contribution >= 4 is 11.8 Å². The van der Waals surface area contributed by atoms with Crippen LogP contribution in [0.4, 0.5) is 0 Å². The predicted molar refractivity (Wildman–Crippen MR) is 35.7 cm³/mol. The molecule has 1 saturated heterocycles. The van der Waals surface area contributed by atoms with Crippen molar-refractivity contribution in [3.63, 3.8) is 0 Å². The number of hydrogen-bond acceptors (Lipinski definition) is 1. The van der Waals surface area contributed by atoms with Gasteiger partial charge in [0.25, 0.3) is 0 Å². The van der Waals surface area contributed by atoms with E-state index in [9.17, 15) is 0 Å². The average molecular weight is 114 g/mol. The highest BCUT2D eigenvalue weighted by Crippen LogP contribution is 2.23. The second kappa shape index (κ2) is 2.41. The summed E-state index contributed by atoms with van der Waals surface area (Å²) < 4.78 is 0. The summed E-state index contributed by atoms with van der Waals surface area (Å²) in [5.74, 6) is 2.60. The molecular weight excluding hydrogens is 104 g/mol. The molecule has 0 spiro atoms. The highest BCUT2D eigenvalue weighted by Gasteiger charge is 2.05. The van der Waals surface area contributed by atoms with Crippen molar-refractivity contribution in [2.24, 2.45) is 0 Å². The minimum atomic E-state index is 1.22. The molecule has 7 heavy (non-hydrogen) atoms. The molecular formula is C6H10S. The van der Waals surface area contributed by atoms with Gasteiger partial charge in [-0.1, -0.05) is 18.6 Å². The van der Waals surface area contributed by atoms with Gasteiger partial charge in [0.1, 0.15) is 0 Å². The Balaban J connectivity index is 2.23. The van der Waals surface area contributed by atoms with Crippen LogP contribution in [0.15, 0.2) is 11.6 Å². The molecule has 0 unspecified atom stereocenters. The summed E-state index contributed by atoms with van der Waals surface area (Å²) in [6.07, 6.45) is 3.55. The molecule has 1 rings (SSSR count). The van der Waals surface area contributed by atoms with Gasteiger partial charge in [-0.05, 0) is 6.42 Å². The molecule has 1 aliphatic heterocycles. The molecule has 1 fully saturated rings. The SMILES string of the molecule is CCC=C1CSC1. The van der Waals surface area contributed by atoms with Crippen LogP contribution in [0.5, 0.6) is 0 Å². The molecule has 0 atom stereocenters. The second-order valence-electron chi connectivity index (χ2n) is 1.76. The Morgan fingerprint density at radius 2 is 2.43 bits per heavy atom. The third-order valence-corrected chi connectivity index (χ3v) is 2.22. The summed E-state index contributed by atoms with van der Waals surface area (Å²) in [6, 6.07) is 0. The zero-order chi connectivity index (χ0) is 5.11. The van der Waals surface area contributed by atoms with E-state index < -0.39 is 0 Å². The van der Waals surface area contributed by atoms with Gasteiger partial charge in [-0.3, -0.25) is 0 Å². The molecule has 1 heteroatoms. The summed E-state index contributed by atoms with van der Waals surface area (Å²) in [6.45, 7) is 2.19. The summed E-state index contributed by atoms with van der Waals surface area (Å²) in [5, 5.41) is 0. The first-order chi connectivity index (χ1) is 3.43. The molecule has 0 N–H and O–H groups in total. The minimum Gasteiger partial charge on any atom is -0.153 e. The third-order valence-electron chi connectivity index (χ3n) is 1.07. The molecule has 0 saturated carbocycles. The molecule has 40 valence electrons. The van der Waals surface area contributed by atoms with Crippen LogP contribution in [0, 0.1) is 0 Å². The molecule has 1 aliphatic rings. The number of hydrogen-bond donors (Lipinski definition) is 0. The topological polar surface area (TPSA) is 0 Å². The van der Waals surface area contributed by atoms with E-state index in [2.05, 4.69) is 13.0 Å². The summed E-state index contributed by atoms with van der Waals surface area (Å²) >= 11 is 2.02. The Kier molecular flexibility index (Phi) is 1.80. The molecule has 0 nitrogen and oxygen atoms in total. The van der Waals surface area contributed by atoms with Crippen molar-refractivity contribution in [1.29, 1.82) is 0 Å². The molecule has 0 amide bonds. The zero-order valence-electron chi connectivity index (χ0n) is 4.61. The van der Waals surface area contributed by atoms with Gasteiger partial charge in [-0.15, -0.1) is 0 Å². The predicted octanol–water partition coefficient (Wildman–Crippen LogP) is 2.07. The van der Waals surface area contributed by atoms with Crippen molar-refractivity contribution in [2.75, 3.05) is 11.5 Å². The van der Waals surface area contributed by atoms with Crippen LogP contribution in [-0.4, -0.2) is 11.5 Å². The maximum atomic E-state index is 2.33. The first-order valence-electron chi connectivity index (χ1n) is 2.69. The van der Waals surface area contributed by atoms with Crippen molar-refractivity contribution in [1.82, 2.24) is 0 Å². The van der Waals surface area contributed by atoms with E-state index in [4.69, 9.17) is 0 Å². The number of allylic oxidation sites excluding steroid dienone is 1. The van der Waals surface area contributed by atoms with E-state index >= 15 is 0 Å². The van der Waals surface area contributed by atoms with Gasteiger partial charge in [0.15, 0.2) is 0 Å². The van der Waals surface area contributed by atoms with Crippen LogP contribution < -0.4 is 0 Å². The van der Waals surface area contributed by atoms with Crippen LogP contribution in [-0.2, 0) is 0 Å². The van der Waals surface area contributed by atoms with E-state index in [1.54, 1.807) is 5.57 Å². The maximum Gasteiger partial charge on any atom is 0.0154 e. The third kappa shape index (κ3) is 1.23. The van der Waals surface area contributed by atoms with Gasteiger partial charge in [0.05, 0.1) is 0 Å². The molecule has 0 aromatic heterocycles. The van der Waals surface area contributed by atoms with E-state index in [0.29, 0.717) is 0 Å². The highest BCUT2D eigenvalue weighted by atomic mass is 32.2. The van der Waals surface area contributed by atoms with Gasteiger partial charge in [0.2, 0.25) is 0 Å². The smallest absolute Gasteiger partial charge is 0.0154 e. The van der Waals surface area contributed by atoms with Crippen LogP contribution in [0.1, 0.15) is 13.3 Å². The Morgan fingerprint density at radius 1 is 1.71 bits per heavy atom. The standard InChI is InChI=1S/C6H10S/c1-2-3-6-4-7-5-6/h3H,2,4-5H2,1H3. The summed E-state index contributed by atoms with van der Waals surface area (Å²) in [5.41, 5.74) is 1.65.